The minimum Gasteiger partial charge on any atom is -0.481 e. The second kappa shape index (κ2) is 6.66. The van der Waals surface area contributed by atoms with Crippen LogP contribution in [0.2, 0.25) is 0 Å². The fraction of sp³-hybridized carbons (Fsp3) is 0.412. The molecule has 1 aromatic heterocycles. The van der Waals surface area contributed by atoms with Crippen molar-refractivity contribution in [1.29, 1.82) is 0 Å². The number of amides is 1. The summed E-state index contributed by atoms with van der Waals surface area (Å²) >= 11 is 1.56. The van der Waals surface area contributed by atoms with Crippen LogP contribution in [0.3, 0.4) is 0 Å². The first-order valence-electron chi connectivity index (χ1n) is 7.69. The standard InChI is InChI=1S/C17H19FN2O2S/c1-11-6-5-8-13(16(11)18)22-10-15(21)20(2)17-19-12-7-3-4-9-14(12)23-17/h5-6,8H,3-4,7,9-10H2,1-2H3. The Labute approximate surface area is 138 Å². The van der Waals surface area contributed by atoms with E-state index in [0.717, 1.165) is 25.0 Å². The molecule has 3 rings (SSSR count). The Bertz CT molecular complexity index is 706. The van der Waals surface area contributed by atoms with Crippen LogP contribution in [-0.4, -0.2) is 24.5 Å². The Morgan fingerprint density at radius 2 is 2.17 bits per heavy atom. The van der Waals surface area contributed by atoms with Gasteiger partial charge in [0.25, 0.3) is 5.91 Å². The molecule has 0 fully saturated rings. The summed E-state index contributed by atoms with van der Waals surface area (Å²) in [6.45, 7) is 1.46. The van der Waals surface area contributed by atoms with E-state index in [1.165, 1.54) is 22.3 Å². The van der Waals surface area contributed by atoms with Gasteiger partial charge < -0.3 is 4.74 Å². The summed E-state index contributed by atoms with van der Waals surface area (Å²) in [5.41, 5.74) is 1.61. The van der Waals surface area contributed by atoms with Crippen molar-refractivity contribution >= 4 is 22.4 Å². The molecule has 4 nitrogen and oxygen atoms in total. The van der Waals surface area contributed by atoms with Gasteiger partial charge in [-0.3, -0.25) is 9.69 Å². The van der Waals surface area contributed by atoms with E-state index >= 15 is 0 Å². The molecule has 6 heteroatoms. The molecule has 0 N–H and O–H groups in total. The molecule has 23 heavy (non-hydrogen) atoms. The number of fused-ring (bicyclic) bond motifs is 1. The van der Waals surface area contributed by atoms with Crippen molar-refractivity contribution in [3.8, 4) is 5.75 Å². The summed E-state index contributed by atoms with van der Waals surface area (Å²) in [5, 5.41) is 0.690. The highest BCUT2D eigenvalue weighted by molar-refractivity contribution is 7.15. The summed E-state index contributed by atoms with van der Waals surface area (Å²) in [6, 6.07) is 4.89. The van der Waals surface area contributed by atoms with E-state index in [4.69, 9.17) is 4.74 Å². The van der Waals surface area contributed by atoms with Crippen molar-refractivity contribution in [3.05, 3.63) is 40.2 Å². The first-order chi connectivity index (χ1) is 11.1. The SMILES string of the molecule is Cc1cccc(OCC(=O)N(C)c2nc3c(s2)CCCC3)c1F. The largest absolute Gasteiger partial charge is 0.481 e. The minimum absolute atomic E-state index is 0.102. The molecule has 1 aliphatic rings. The number of ether oxygens (including phenoxy) is 1. The van der Waals surface area contributed by atoms with E-state index < -0.39 is 5.82 Å². The lowest BCUT2D eigenvalue weighted by molar-refractivity contribution is -0.120. The maximum absolute atomic E-state index is 13.9. The number of carbonyl (C=O) groups excluding carboxylic acids is 1. The van der Waals surface area contributed by atoms with E-state index in [1.807, 2.05) is 0 Å². The Morgan fingerprint density at radius 3 is 2.96 bits per heavy atom. The average Bonchev–Trinajstić information content (AvgIpc) is 2.99. The van der Waals surface area contributed by atoms with Crippen LogP contribution in [0, 0.1) is 12.7 Å². The van der Waals surface area contributed by atoms with Crippen LogP contribution < -0.4 is 9.64 Å². The van der Waals surface area contributed by atoms with Crippen LogP contribution in [-0.2, 0) is 17.6 Å². The van der Waals surface area contributed by atoms with Gasteiger partial charge in [-0.15, -0.1) is 11.3 Å². The highest BCUT2D eigenvalue weighted by atomic mass is 32.1. The van der Waals surface area contributed by atoms with Gasteiger partial charge in [0.15, 0.2) is 23.3 Å². The third-order valence-corrected chi connectivity index (χ3v) is 5.24. The molecule has 0 aliphatic heterocycles. The van der Waals surface area contributed by atoms with Crippen LogP contribution in [0.25, 0.3) is 0 Å². The Balaban J connectivity index is 1.65. The second-order valence-electron chi connectivity index (χ2n) is 5.70. The molecule has 0 radical (unpaired) electrons. The van der Waals surface area contributed by atoms with Gasteiger partial charge in [0.2, 0.25) is 0 Å². The van der Waals surface area contributed by atoms with Gasteiger partial charge in [-0.05, 0) is 44.2 Å². The number of halogens is 1. The Hall–Kier alpha value is -1.95. The van der Waals surface area contributed by atoms with Crippen molar-refractivity contribution in [2.75, 3.05) is 18.6 Å². The smallest absolute Gasteiger partial charge is 0.266 e. The van der Waals surface area contributed by atoms with Crippen molar-refractivity contribution in [2.45, 2.75) is 32.6 Å². The van der Waals surface area contributed by atoms with Crippen LogP contribution in [0.15, 0.2) is 18.2 Å². The van der Waals surface area contributed by atoms with E-state index in [2.05, 4.69) is 4.98 Å². The molecule has 0 atom stereocenters. The zero-order chi connectivity index (χ0) is 16.4. The predicted octanol–water partition coefficient (Wildman–Crippen LogP) is 3.51. The van der Waals surface area contributed by atoms with Crippen LogP contribution in [0.4, 0.5) is 9.52 Å². The van der Waals surface area contributed by atoms with Crippen molar-refractivity contribution < 1.29 is 13.9 Å². The van der Waals surface area contributed by atoms with E-state index in [-0.39, 0.29) is 18.3 Å². The molecular formula is C17H19FN2O2S. The number of anilines is 1. The second-order valence-corrected chi connectivity index (χ2v) is 6.76. The van der Waals surface area contributed by atoms with E-state index in [9.17, 15) is 9.18 Å². The van der Waals surface area contributed by atoms with Crippen LogP contribution in [0.5, 0.6) is 5.75 Å². The fourth-order valence-corrected chi connectivity index (χ4v) is 3.68. The van der Waals surface area contributed by atoms with Gasteiger partial charge in [-0.2, -0.15) is 0 Å². The Morgan fingerprint density at radius 1 is 1.39 bits per heavy atom. The molecule has 1 aliphatic carbocycles. The maximum Gasteiger partial charge on any atom is 0.266 e. The number of aromatic nitrogens is 1. The number of hydrogen-bond acceptors (Lipinski definition) is 4. The molecule has 122 valence electrons. The zero-order valence-corrected chi connectivity index (χ0v) is 14.1. The molecular weight excluding hydrogens is 315 g/mol. The van der Waals surface area contributed by atoms with Gasteiger partial charge in [-0.1, -0.05) is 12.1 Å². The molecule has 0 saturated heterocycles. The highest BCUT2D eigenvalue weighted by Gasteiger charge is 2.21. The van der Waals surface area contributed by atoms with Crippen LogP contribution in [0.1, 0.15) is 29.0 Å². The molecule has 2 aromatic rings. The average molecular weight is 334 g/mol. The van der Waals surface area contributed by atoms with E-state index in [0.29, 0.717) is 10.7 Å². The first-order valence-corrected chi connectivity index (χ1v) is 8.51. The monoisotopic (exact) mass is 334 g/mol. The number of likely N-dealkylation sites (N-methyl/N-ethyl adjacent to an activating group) is 1. The Kier molecular flexibility index (Phi) is 4.61. The number of aryl methyl sites for hydroxylation is 3. The van der Waals surface area contributed by atoms with Gasteiger partial charge >= 0.3 is 0 Å². The van der Waals surface area contributed by atoms with Gasteiger partial charge in [0.05, 0.1) is 5.69 Å². The zero-order valence-electron chi connectivity index (χ0n) is 13.3. The number of rotatable bonds is 4. The number of thiazole rings is 1. The van der Waals surface area contributed by atoms with Crippen LogP contribution >= 0.6 is 11.3 Å². The molecule has 1 aromatic carbocycles. The molecule has 0 saturated carbocycles. The van der Waals surface area contributed by atoms with Crippen molar-refractivity contribution in [3.63, 3.8) is 0 Å². The number of carbonyl (C=O) groups is 1. The van der Waals surface area contributed by atoms with E-state index in [1.54, 1.807) is 37.4 Å². The quantitative estimate of drug-likeness (QED) is 0.859. The van der Waals surface area contributed by atoms with Gasteiger partial charge in [-0.25, -0.2) is 9.37 Å². The van der Waals surface area contributed by atoms with Crippen molar-refractivity contribution in [2.24, 2.45) is 0 Å². The molecule has 0 bridgehead atoms. The lowest BCUT2D eigenvalue weighted by atomic mass is 10.0. The van der Waals surface area contributed by atoms with Gasteiger partial charge in [0.1, 0.15) is 0 Å². The number of benzene rings is 1. The summed E-state index contributed by atoms with van der Waals surface area (Å²) in [7, 11) is 1.68. The predicted molar refractivity (Wildman–Crippen MR) is 88.8 cm³/mol. The third-order valence-electron chi connectivity index (χ3n) is 4.00. The normalized spacial score (nSPS) is 13.5. The summed E-state index contributed by atoms with van der Waals surface area (Å²) < 4.78 is 19.2. The summed E-state index contributed by atoms with van der Waals surface area (Å²) in [6.07, 6.45) is 4.37. The molecule has 0 spiro atoms. The third kappa shape index (κ3) is 3.37. The lowest BCUT2D eigenvalue weighted by Gasteiger charge is -2.14. The number of hydrogen-bond donors (Lipinski definition) is 0. The van der Waals surface area contributed by atoms with Gasteiger partial charge in [0, 0.05) is 11.9 Å². The molecule has 1 amide bonds. The summed E-state index contributed by atoms with van der Waals surface area (Å²) in [5.74, 6) is -0.560. The summed E-state index contributed by atoms with van der Waals surface area (Å²) in [4.78, 5) is 19.6. The highest BCUT2D eigenvalue weighted by Crippen LogP contribution is 2.31. The molecule has 1 heterocycles. The molecule has 0 unspecified atom stereocenters. The topological polar surface area (TPSA) is 42.4 Å². The van der Waals surface area contributed by atoms with Crippen molar-refractivity contribution in [1.82, 2.24) is 4.98 Å². The fourth-order valence-electron chi connectivity index (χ4n) is 2.56. The number of nitrogens with zero attached hydrogens (tertiary/aromatic N) is 2. The first kappa shape index (κ1) is 15.9. The lowest BCUT2D eigenvalue weighted by Crippen LogP contribution is -2.31. The minimum atomic E-state index is -0.423. The maximum atomic E-state index is 13.9.